The molecule has 2 aliphatic heterocycles. The highest BCUT2D eigenvalue weighted by molar-refractivity contribution is 8.00. The number of thioether (sulfide) groups is 2. The van der Waals surface area contributed by atoms with Gasteiger partial charge in [0.15, 0.2) is 5.76 Å². The van der Waals surface area contributed by atoms with Gasteiger partial charge in [0.1, 0.15) is 29.5 Å². The van der Waals surface area contributed by atoms with Crippen molar-refractivity contribution in [3.05, 3.63) is 89.3 Å². The number of allylic oxidation sites excluding steroid dienone is 1. The molecule has 10 nitrogen and oxygen atoms in total. The SMILES string of the molecule is COc1ccc(COC(=O)C2=C(/C=C/c3cc(OC)no3)CS[C@@H]3[C@H](NC(=O)CSc4ccccc4)C(=O)N23)cc1. The van der Waals surface area contributed by atoms with E-state index in [1.54, 1.807) is 49.6 Å². The average Bonchev–Trinajstić information content (AvgIpc) is 3.49. The Morgan fingerprint density at radius 3 is 2.61 bits per heavy atom. The summed E-state index contributed by atoms with van der Waals surface area (Å²) >= 11 is 2.84. The molecule has 12 heteroatoms. The summed E-state index contributed by atoms with van der Waals surface area (Å²) in [6, 6.07) is 17.6. The van der Waals surface area contributed by atoms with E-state index >= 15 is 0 Å². The van der Waals surface area contributed by atoms with Crippen LogP contribution in [0.4, 0.5) is 0 Å². The van der Waals surface area contributed by atoms with Gasteiger partial charge in [-0.25, -0.2) is 4.79 Å². The largest absolute Gasteiger partial charge is 0.497 e. The number of nitrogens with zero attached hydrogens (tertiary/aromatic N) is 2. The lowest BCUT2D eigenvalue weighted by atomic mass is 10.0. The molecule has 2 aromatic carbocycles. The molecule has 41 heavy (non-hydrogen) atoms. The van der Waals surface area contributed by atoms with Crippen LogP contribution in [0.25, 0.3) is 6.08 Å². The van der Waals surface area contributed by atoms with Crippen molar-refractivity contribution in [1.29, 1.82) is 0 Å². The van der Waals surface area contributed by atoms with Crippen LogP contribution >= 0.6 is 23.5 Å². The van der Waals surface area contributed by atoms with Gasteiger partial charge in [-0.15, -0.1) is 23.5 Å². The number of amides is 2. The number of benzene rings is 2. The van der Waals surface area contributed by atoms with Crippen LogP contribution in [0.3, 0.4) is 0 Å². The lowest BCUT2D eigenvalue weighted by Crippen LogP contribution is -2.70. The van der Waals surface area contributed by atoms with E-state index in [1.807, 2.05) is 30.3 Å². The fourth-order valence-corrected chi connectivity index (χ4v) is 6.26. The number of rotatable bonds is 11. The van der Waals surface area contributed by atoms with Gasteiger partial charge in [-0.3, -0.25) is 14.5 Å². The summed E-state index contributed by atoms with van der Waals surface area (Å²) in [7, 11) is 3.05. The van der Waals surface area contributed by atoms with E-state index in [0.29, 0.717) is 28.7 Å². The second kappa shape index (κ2) is 13.0. The summed E-state index contributed by atoms with van der Waals surface area (Å²) in [5, 5.41) is 6.17. The predicted molar refractivity (Wildman–Crippen MR) is 154 cm³/mol. The smallest absolute Gasteiger partial charge is 0.355 e. The van der Waals surface area contributed by atoms with E-state index in [0.717, 1.165) is 10.5 Å². The van der Waals surface area contributed by atoms with Crippen molar-refractivity contribution in [1.82, 2.24) is 15.4 Å². The summed E-state index contributed by atoms with van der Waals surface area (Å²) in [6.07, 6.45) is 3.34. The molecule has 2 amide bonds. The Bertz CT molecular complexity index is 1470. The molecule has 3 heterocycles. The van der Waals surface area contributed by atoms with Crippen molar-refractivity contribution in [2.75, 3.05) is 25.7 Å². The van der Waals surface area contributed by atoms with E-state index in [4.69, 9.17) is 18.7 Å². The van der Waals surface area contributed by atoms with Crippen molar-refractivity contribution in [2.24, 2.45) is 0 Å². The number of carbonyl (C=O) groups is 3. The van der Waals surface area contributed by atoms with Crippen molar-refractivity contribution in [3.63, 3.8) is 0 Å². The Balaban J connectivity index is 1.31. The second-order valence-electron chi connectivity index (χ2n) is 8.96. The molecule has 5 rings (SSSR count). The molecule has 0 radical (unpaired) electrons. The number of nitrogens with one attached hydrogen (secondary N) is 1. The lowest BCUT2D eigenvalue weighted by Gasteiger charge is -2.49. The molecule has 0 aliphatic carbocycles. The van der Waals surface area contributed by atoms with Crippen LogP contribution in [0.1, 0.15) is 11.3 Å². The zero-order valence-corrected chi connectivity index (χ0v) is 23.9. The number of fused-ring (bicyclic) bond motifs is 1. The molecular weight excluding hydrogens is 566 g/mol. The van der Waals surface area contributed by atoms with Crippen LogP contribution < -0.4 is 14.8 Å². The Morgan fingerprint density at radius 1 is 1.12 bits per heavy atom. The quantitative estimate of drug-likeness (QED) is 0.199. The minimum atomic E-state index is -0.739. The van der Waals surface area contributed by atoms with Crippen molar-refractivity contribution in [3.8, 4) is 11.6 Å². The second-order valence-corrected chi connectivity index (χ2v) is 11.1. The van der Waals surface area contributed by atoms with Gasteiger partial charge in [0.05, 0.1) is 20.0 Å². The lowest BCUT2D eigenvalue weighted by molar-refractivity contribution is -0.153. The standard InChI is InChI=1S/C29H27N3O7S2/c1-36-20-11-8-18(9-12-20)15-38-29(35)26-19(10-13-21-14-24(37-2)31-39-21)16-41-28-25(27(34)32(26)28)30-23(33)17-40-22-6-4-3-5-7-22/h3-14,25,28H,15-17H2,1-2H3,(H,30,33)/b13-10+/t25-,28-/m1/s1. The van der Waals surface area contributed by atoms with Crippen LogP contribution in [-0.4, -0.2) is 65.0 Å². The van der Waals surface area contributed by atoms with Crippen molar-refractivity contribution >= 4 is 47.4 Å². The van der Waals surface area contributed by atoms with Gasteiger partial charge in [0, 0.05) is 16.7 Å². The van der Waals surface area contributed by atoms with Gasteiger partial charge < -0.3 is 24.1 Å². The van der Waals surface area contributed by atoms with E-state index in [2.05, 4.69) is 10.5 Å². The summed E-state index contributed by atoms with van der Waals surface area (Å²) in [5.41, 5.74) is 1.49. The van der Waals surface area contributed by atoms with E-state index < -0.39 is 17.4 Å². The molecule has 0 unspecified atom stereocenters. The number of carbonyl (C=O) groups excluding carboxylic acids is 3. The molecule has 2 aliphatic rings. The first-order valence-corrected chi connectivity index (χ1v) is 14.6. The zero-order valence-electron chi connectivity index (χ0n) is 22.3. The highest BCUT2D eigenvalue weighted by atomic mass is 32.2. The number of ether oxygens (including phenoxy) is 3. The molecule has 1 fully saturated rings. The highest BCUT2D eigenvalue weighted by Gasteiger charge is 2.54. The molecule has 0 bridgehead atoms. The van der Waals surface area contributed by atoms with Crippen LogP contribution in [0.5, 0.6) is 11.6 Å². The molecule has 212 valence electrons. The Morgan fingerprint density at radius 2 is 1.90 bits per heavy atom. The predicted octanol–water partition coefficient (Wildman–Crippen LogP) is 3.89. The summed E-state index contributed by atoms with van der Waals surface area (Å²) in [5.74, 6) is 0.743. The Hall–Kier alpha value is -4.16. The number of hydrogen-bond acceptors (Lipinski definition) is 10. The van der Waals surface area contributed by atoms with Crippen LogP contribution in [-0.2, 0) is 25.7 Å². The first-order chi connectivity index (χ1) is 20.0. The van der Waals surface area contributed by atoms with Gasteiger partial charge in [-0.2, -0.15) is 0 Å². The first kappa shape index (κ1) is 28.4. The fourth-order valence-electron chi connectivity index (χ4n) is 4.21. The molecule has 3 aromatic rings. The Labute approximate surface area is 245 Å². The van der Waals surface area contributed by atoms with Crippen LogP contribution in [0, 0.1) is 0 Å². The first-order valence-electron chi connectivity index (χ1n) is 12.6. The summed E-state index contributed by atoms with van der Waals surface area (Å²) < 4.78 is 21.1. The molecule has 1 saturated heterocycles. The van der Waals surface area contributed by atoms with Crippen molar-refractivity contribution in [2.45, 2.75) is 22.9 Å². The third-order valence-electron chi connectivity index (χ3n) is 6.31. The maximum atomic E-state index is 13.4. The average molecular weight is 594 g/mol. The topological polar surface area (TPSA) is 120 Å². The van der Waals surface area contributed by atoms with E-state index in [-0.39, 0.29) is 29.9 Å². The number of β-lactam (4-membered cyclic amide) rings is 1. The zero-order chi connectivity index (χ0) is 28.8. The van der Waals surface area contributed by atoms with Gasteiger partial charge in [0.25, 0.3) is 11.8 Å². The van der Waals surface area contributed by atoms with E-state index in [1.165, 1.54) is 35.5 Å². The minimum absolute atomic E-state index is 0.0132. The number of aromatic nitrogens is 1. The van der Waals surface area contributed by atoms with Gasteiger partial charge in [-0.1, -0.05) is 36.4 Å². The maximum absolute atomic E-state index is 13.4. The number of esters is 1. The normalized spacial score (nSPS) is 18.1. The summed E-state index contributed by atoms with van der Waals surface area (Å²) in [4.78, 5) is 41.7. The third-order valence-corrected chi connectivity index (χ3v) is 8.63. The molecule has 1 aromatic heterocycles. The monoisotopic (exact) mass is 593 g/mol. The van der Waals surface area contributed by atoms with Gasteiger partial charge in [-0.05, 0) is 46.6 Å². The number of methoxy groups -OCH3 is 2. The van der Waals surface area contributed by atoms with Crippen LogP contribution in [0.2, 0.25) is 0 Å². The highest BCUT2D eigenvalue weighted by Crippen LogP contribution is 2.41. The van der Waals surface area contributed by atoms with Gasteiger partial charge in [0.2, 0.25) is 5.91 Å². The van der Waals surface area contributed by atoms with E-state index in [9.17, 15) is 14.4 Å². The number of hydrogen-bond donors (Lipinski definition) is 1. The molecule has 0 spiro atoms. The minimum Gasteiger partial charge on any atom is -0.497 e. The fraction of sp³-hybridized carbons (Fsp3) is 0.241. The maximum Gasteiger partial charge on any atom is 0.355 e. The molecule has 0 saturated carbocycles. The summed E-state index contributed by atoms with van der Waals surface area (Å²) in [6.45, 7) is 0.0132. The van der Waals surface area contributed by atoms with Crippen molar-refractivity contribution < 1.29 is 33.1 Å². The van der Waals surface area contributed by atoms with Gasteiger partial charge >= 0.3 is 5.97 Å². The molecule has 1 N–H and O–H groups in total. The molecular formula is C29H27N3O7S2. The third kappa shape index (κ3) is 6.60. The molecule has 2 atom stereocenters. The van der Waals surface area contributed by atoms with Crippen LogP contribution in [0.15, 0.2) is 87.4 Å². The Kier molecular flexibility index (Phi) is 9.00.